The highest BCUT2D eigenvalue weighted by molar-refractivity contribution is 6.32. The van der Waals surface area contributed by atoms with Gasteiger partial charge in [0.2, 0.25) is 0 Å². The quantitative estimate of drug-likeness (QED) is 0.837. The van der Waals surface area contributed by atoms with Gasteiger partial charge in [0.05, 0.1) is 11.1 Å². The number of hydrogen-bond acceptors (Lipinski definition) is 4. The second kappa shape index (κ2) is 6.61. The topological polar surface area (TPSA) is 61.5 Å². The van der Waals surface area contributed by atoms with Crippen LogP contribution in [-0.4, -0.2) is 18.7 Å². The summed E-state index contributed by atoms with van der Waals surface area (Å²) in [6, 6.07) is 5.15. The Bertz CT molecular complexity index is 419. The lowest BCUT2D eigenvalue weighted by molar-refractivity contribution is -0.149. The minimum atomic E-state index is -0.419. The Labute approximate surface area is 112 Å². The van der Waals surface area contributed by atoms with Gasteiger partial charge in [0.25, 0.3) is 0 Å². The number of ether oxygens (including phenoxy) is 2. The van der Waals surface area contributed by atoms with E-state index in [9.17, 15) is 4.79 Å². The third-order valence-electron chi connectivity index (χ3n) is 2.19. The van der Waals surface area contributed by atoms with Gasteiger partial charge in [0, 0.05) is 6.04 Å². The summed E-state index contributed by atoms with van der Waals surface area (Å²) in [6.07, 6.45) is -0.156. The summed E-state index contributed by atoms with van der Waals surface area (Å²) in [5, 5.41) is 0.433. The lowest BCUT2D eigenvalue weighted by Gasteiger charge is -2.12. The monoisotopic (exact) mass is 271 g/mol. The van der Waals surface area contributed by atoms with Gasteiger partial charge in [-0.05, 0) is 38.5 Å². The first-order valence-corrected chi connectivity index (χ1v) is 6.15. The maximum absolute atomic E-state index is 11.3. The molecule has 0 saturated heterocycles. The van der Waals surface area contributed by atoms with Crippen LogP contribution in [0.5, 0.6) is 5.75 Å². The fourth-order valence-corrected chi connectivity index (χ4v) is 1.59. The van der Waals surface area contributed by atoms with Crippen molar-refractivity contribution in [2.75, 3.05) is 6.61 Å². The van der Waals surface area contributed by atoms with Crippen molar-refractivity contribution < 1.29 is 14.3 Å². The predicted octanol–water partition coefficient (Wildman–Crippen LogP) is 2.69. The average Bonchev–Trinajstić information content (AvgIpc) is 2.26. The minimum Gasteiger partial charge on any atom is -0.480 e. The number of hydrogen-bond donors (Lipinski definition) is 1. The highest BCUT2D eigenvalue weighted by Gasteiger charge is 2.10. The van der Waals surface area contributed by atoms with E-state index < -0.39 is 5.97 Å². The van der Waals surface area contributed by atoms with Gasteiger partial charge in [0.15, 0.2) is 6.61 Å². The zero-order valence-electron chi connectivity index (χ0n) is 10.8. The fourth-order valence-electron chi connectivity index (χ4n) is 1.35. The zero-order chi connectivity index (χ0) is 13.7. The first kappa shape index (κ1) is 14.8. The molecule has 1 atom stereocenters. The molecule has 0 radical (unpaired) electrons. The van der Waals surface area contributed by atoms with Crippen LogP contribution in [0.15, 0.2) is 18.2 Å². The number of halogens is 1. The molecule has 0 aromatic heterocycles. The number of nitrogens with two attached hydrogens (primary N) is 1. The number of carbonyl (C=O) groups excluding carboxylic acids is 1. The molecule has 0 amide bonds. The van der Waals surface area contributed by atoms with E-state index >= 15 is 0 Å². The van der Waals surface area contributed by atoms with Crippen molar-refractivity contribution in [3.05, 3.63) is 28.8 Å². The van der Waals surface area contributed by atoms with Gasteiger partial charge in [-0.2, -0.15) is 0 Å². The van der Waals surface area contributed by atoms with Gasteiger partial charge < -0.3 is 15.2 Å². The van der Waals surface area contributed by atoms with Gasteiger partial charge in [-0.3, -0.25) is 0 Å². The lowest BCUT2D eigenvalue weighted by atomic mass is 10.1. The third kappa shape index (κ3) is 4.55. The summed E-state index contributed by atoms with van der Waals surface area (Å²) in [7, 11) is 0. The Kier molecular flexibility index (Phi) is 5.44. The molecule has 1 aromatic carbocycles. The minimum absolute atomic E-state index is 0.0949. The largest absolute Gasteiger partial charge is 0.480 e. The smallest absolute Gasteiger partial charge is 0.344 e. The molecular formula is C13H18ClNO3. The molecule has 2 N–H and O–H groups in total. The van der Waals surface area contributed by atoms with Crippen LogP contribution in [0.3, 0.4) is 0 Å². The van der Waals surface area contributed by atoms with E-state index in [2.05, 4.69) is 0 Å². The summed E-state index contributed by atoms with van der Waals surface area (Å²) in [5.74, 6) is 0.0270. The van der Waals surface area contributed by atoms with E-state index in [4.69, 9.17) is 26.8 Å². The summed E-state index contributed by atoms with van der Waals surface area (Å²) in [6.45, 7) is 5.27. The molecule has 0 fully saturated rings. The Morgan fingerprint density at radius 2 is 2.06 bits per heavy atom. The van der Waals surface area contributed by atoms with E-state index in [1.807, 2.05) is 13.0 Å². The van der Waals surface area contributed by atoms with Gasteiger partial charge in [0.1, 0.15) is 5.75 Å². The predicted molar refractivity (Wildman–Crippen MR) is 70.8 cm³/mol. The number of esters is 1. The number of benzene rings is 1. The van der Waals surface area contributed by atoms with Crippen molar-refractivity contribution >= 4 is 17.6 Å². The summed E-state index contributed by atoms with van der Waals surface area (Å²) < 4.78 is 10.2. The van der Waals surface area contributed by atoms with Crippen LogP contribution in [0.4, 0.5) is 0 Å². The summed E-state index contributed by atoms with van der Waals surface area (Å²) >= 11 is 6.03. The van der Waals surface area contributed by atoms with Crippen molar-refractivity contribution in [3.8, 4) is 5.75 Å². The maximum atomic E-state index is 11.3. The molecule has 0 spiro atoms. The second-order valence-electron chi connectivity index (χ2n) is 4.31. The summed E-state index contributed by atoms with van der Waals surface area (Å²) in [5.41, 5.74) is 6.65. The molecule has 1 aromatic rings. The van der Waals surface area contributed by atoms with Gasteiger partial charge in [-0.1, -0.05) is 17.7 Å². The van der Waals surface area contributed by atoms with E-state index in [1.165, 1.54) is 0 Å². The van der Waals surface area contributed by atoms with Crippen LogP contribution >= 0.6 is 11.6 Å². The molecule has 0 aliphatic rings. The molecule has 0 bridgehead atoms. The zero-order valence-corrected chi connectivity index (χ0v) is 11.5. The van der Waals surface area contributed by atoms with E-state index in [0.717, 1.165) is 5.56 Å². The van der Waals surface area contributed by atoms with Crippen molar-refractivity contribution in [2.24, 2.45) is 5.73 Å². The molecular weight excluding hydrogens is 254 g/mol. The van der Waals surface area contributed by atoms with Crippen LogP contribution < -0.4 is 10.5 Å². The Balaban J connectivity index is 2.60. The highest BCUT2D eigenvalue weighted by Crippen LogP contribution is 2.27. The molecule has 0 aliphatic heterocycles. The SMILES string of the molecule is CC(C)OC(=O)COc1ccc([C@H](C)N)cc1Cl. The van der Waals surface area contributed by atoms with E-state index in [-0.39, 0.29) is 18.8 Å². The van der Waals surface area contributed by atoms with Crippen LogP contribution in [0, 0.1) is 0 Å². The molecule has 1 rings (SSSR count). The average molecular weight is 272 g/mol. The maximum Gasteiger partial charge on any atom is 0.344 e. The van der Waals surface area contributed by atoms with Crippen LogP contribution in [0.1, 0.15) is 32.4 Å². The molecule has 0 saturated carbocycles. The number of rotatable bonds is 5. The second-order valence-corrected chi connectivity index (χ2v) is 4.71. The first-order chi connectivity index (χ1) is 8.40. The van der Waals surface area contributed by atoms with Gasteiger partial charge in [-0.15, -0.1) is 0 Å². The Morgan fingerprint density at radius 3 is 2.56 bits per heavy atom. The Hall–Kier alpha value is -1.26. The van der Waals surface area contributed by atoms with Crippen LogP contribution in [0.25, 0.3) is 0 Å². The van der Waals surface area contributed by atoms with Gasteiger partial charge >= 0.3 is 5.97 Å². The highest BCUT2D eigenvalue weighted by atomic mass is 35.5. The van der Waals surface area contributed by atoms with Crippen molar-refractivity contribution in [1.82, 2.24) is 0 Å². The van der Waals surface area contributed by atoms with Crippen LogP contribution in [0.2, 0.25) is 5.02 Å². The third-order valence-corrected chi connectivity index (χ3v) is 2.49. The van der Waals surface area contributed by atoms with E-state index in [1.54, 1.807) is 26.0 Å². The van der Waals surface area contributed by atoms with Crippen LogP contribution in [-0.2, 0) is 9.53 Å². The van der Waals surface area contributed by atoms with E-state index in [0.29, 0.717) is 10.8 Å². The normalized spacial score (nSPS) is 12.3. The molecule has 0 aliphatic carbocycles. The fraction of sp³-hybridized carbons (Fsp3) is 0.462. The number of carbonyl (C=O) groups is 1. The molecule has 5 heteroatoms. The first-order valence-electron chi connectivity index (χ1n) is 5.77. The lowest BCUT2D eigenvalue weighted by Crippen LogP contribution is -2.18. The van der Waals surface area contributed by atoms with Crippen molar-refractivity contribution in [3.63, 3.8) is 0 Å². The molecule has 0 unspecified atom stereocenters. The molecule has 18 heavy (non-hydrogen) atoms. The van der Waals surface area contributed by atoms with Gasteiger partial charge in [-0.25, -0.2) is 4.79 Å². The van der Waals surface area contributed by atoms with Crippen molar-refractivity contribution in [2.45, 2.75) is 32.9 Å². The summed E-state index contributed by atoms with van der Waals surface area (Å²) in [4.78, 5) is 11.3. The standard InChI is InChI=1S/C13H18ClNO3/c1-8(2)18-13(16)7-17-12-5-4-10(9(3)15)6-11(12)14/h4-6,8-9H,7,15H2,1-3H3/t9-/m0/s1. The van der Waals surface area contributed by atoms with Crippen molar-refractivity contribution in [1.29, 1.82) is 0 Å². The molecule has 0 heterocycles. The molecule has 4 nitrogen and oxygen atoms in total. The molecule has 100 valence electrons. The Morgan fingerprint density at radius 1 is 1.39 bits per heavy atom.